The molecule has 102 valence electrons. The summed E-state index contributed by atoms with van der Waals surface area (Å²) < 4.78 is 26.2. The van der Waals surface area contributed by atoms with Crippen LogP contribution in [-0.2, 0) is 9.84 Å². The molecule has 3 aromatic rings. The highest BCUT2D eigenvalue weighted by molar-refractivity contribution is 8.13. The van der Waals surface area contributed by atoms with E-state index in [2.05, 4.69) is 4.98 Å². The van der Waals surface area contributed by atoms with Crippen LogP contribution < -0.4 is 0 Å². The van der Waals surface area contributed by atoms with Gasteiger partial charge < -0.3 is 0 Å². The molecule has 0 fully saturated rings. The second-order valence-electron chi connectivity index (χ2n) is 4.14. The van der Waals surface area contributed by atoms with Crippen LogP contribution in [0.15, 0.2) is 63.8 Å². The maximum atomic E-state index is 12.2. The van der Waals surface area contributed by atoms with E-state index in [9.17, 15) is 8.42 Å². The normalized spacial score (nSPS) is 11.8. The maximum absolute atomic E-state index is 12.2. The highest BCUT2D eigenvalue weighted by atomic mass is 32.3. The Balaban J connectivity index is 1.79. The molecule has 20 heavy (non-hydrogen) atoms. The largest absolute Gasteiger partial charge is 0.230 e. The fourth-order valence-corrected chi connectivity index (χ4v) is 5.67. The first-order valence-electron chi connectivity index (χ1n) is 5.91. The molecular formula is C14H11NO2S3. The predicted molar refractivity (Wildman–Crippen MR) is 84.0 cm³/mol. The molecule has 1 aromatic heterocycles. The monoisotopic (exact) mass is 321 g/mol. The number of hydrogen-bond donors (Lipinski definition) is 0. The van der Waals surface area contributed by atoms with Crippen molar-refractivity contribution < 1.29 is 8.42 Å². The average Bonchev–Trinajstić information content (AvgIpc) is 2.89. The summed E-state index contributed by atoms with van der Waals surface area (Å²) in [4.78, 5) is 4.78. The van der Waals surface area contributed by atoms with Crippen LogP contribution >= 0.6 is 23.1 Å². The van der Waals surface area contributed by atoms with Crippen molar-refractivity contribution in [3.05, 3.63) is 54.6 Å². The molecular weight excluding hydrogens is 310 g/mol. The lowest BCUT2D eigenvalue weighted by atomic mass is 10.3. The van der Waals surface area contributed by atoms with E-state index in [0.717, 1.165) is 14.6 Å². The van der Waals surface area contributed by atoms with E-state index in [4.69, 9.17) is 0 Å². The number of nitrogens with zero attached hydrogens (tertiary/aromatic N) is 1. The van der Waals surface area contributed by atoms with Crippen molar-refractivity contribution in [3.63, 3.8) is 0 Å². The van der Waals surface area contributed by atoms with Gasteiger partial charge in [0.15, 0.2) is 14.2 Å². The summed E-state index contributed by atoms with van der Waals surface area (Å²) in [6.45, 7) is 0. The number of thiazole rings is 1. The van der Waals surface area contributed by atoms with Crippen LogP contribution in [-0.4, -0.2) is 18.5 Å². The minimum absolute atomic E-state index is 0.0107. The molecule has 0 spiro atoms. The summed E-state index contributed by atoms with van der Waals surface area (Å²) in [5, 5.41) is 0.0107. The summed E-state index contributed by atoms with van der Waals surface area (Å²) >= 11 is 2.79. The molecule has 0 saturated carbocycles. The third-order valence-corrected chi connectivity index (χ3v) is 7.19. The Kier molecular flexibility index (Phi) is 3.78. The molecule has 0 aliphatic heterocycles. The van der Waals surface area contributed by atoms with Crippen molar-refractivity contribution >= 4 is 43.2 Å². The molecule has 0 amide bonds. The zero-order valence-electron chi connectivity index (χ0n) is 10.4. The second kappa shape index (κ2) is 5.55. The standard InChI is InChI=1S/C14H11NO2S3/c16-20(17,11-6-2-1-3-7-11)10-18-14-15-12-8-4-5-9-13(12)19-14/h1-9H,10H2. The number of aromatic nitrogens is 1. The Morgan fingerprint density at radius 2 is 1.70 bits per heavy atom. The summed E-state index contributed by atoms with van der Waals surface area (Å²) in [5.74, 6) is 0. The molecule has 3 nitrogen and oxygen atoms in total. The molecule has 0 radical (unpaired) electrons. The van der Waals surface area contributed by atoms with Crippen LogP contribution in [0.3, 0.4) is 0 Å². The van der Waals surface area contributed by atoms with Crippen molar-refractivity contribution in [2.24, 2.45) is 0 Å². The van der Waals surface area contributed by atoms with Gasteiger partial charge in [-0.3, -0.25) is 0 Å². The molecule has 2 aromatic carbocycles. The maximum Gasteiger partial charge on any atom is 0.188 e. The quantitative estimate of drug-likeness (QED) is 0.685. The topological polar surface area (TPSA) is 47.0 Å². The number of thioether (sulfide) groups is 1. The summed E-state index contributed by atoms with van der Waals surface area (Å²) in [7, 11) is -3.27. The molecule has 0 N–H and O–H groups in total. The van der Waals surface area contributed by atoms with Crippen LogP contribution in [0.25, 0.3) is 10.2 Å². The highest BCUT2D eigenvalue weighted by Crippen LogP contribution is 2.31. The van der Waals surface area contributed by atoms with E-state index >= 15 is 0 Å². The lowest BCUT2D eigenvalue weighted by Crippen LogP contribution is -2.03. The smallest absolute Gasteiger partial charge is 0.188 e. The number of fused-ring (bicyclic) bond motifs is 1. The van der Waals surface area contributed by atoms with Gasteiger partial charge in [0.25, 0.3) is 0 Å². The zero-order valence-corrected chi connectivity index (χ0v) is 12.8. The van der Waals surface area contributed by atoms with Crippen molar-refractivity contribution in [3.8, 4) is 0 Å². The lowest BCUT2D eigenvalue weighted by Gasteiger charge is -2.01. The van der Waals surface area contributed by atoms with Crippen molar-refractivity contribution in [2.75, 3.05) is 5.08 Å². The fraction of sp³-hybridized carbons (Fsp3) is 0.0714. The molecule has 6 heteroatoms. The van der Waals surface area contributed by atoms with Gasteiger partial charge in [-0.1, -0.05) is 42.1 Å². The Morgan fingerprint density at radius 3 is 2.45 bits per heavy atom. The third kappa shape index (κ3) is 2.87. The molecule has 0 aliphatic rings. The van der Waals surface area contributed by atoms with E-state index in [1.54, 1.807) is 30.3 Å². The van der Waals surface area contributed by atoms with E-state index in [1.165, 1.54) is 23.1 Å². The minimum Gasteiger partial charge on any atom is -0.230 e. The van der Waals surface area contributed by atoms with E-state index < -0.39 is 9.84 Å². The predicted octanol–water partition coefficient (Wildman–Crippen LogP) is 3.82. The first-order valence-corrected chi connectivity index (χ1v) is 9.37. The first-order chi connectivity index (χ1) is 9.65. The van der Waals surface area contributed by atoms with Gasteiger partial charge in [-0.15, -0.1) is 11.3 Å². The fourth-order valence-electron chi connectivity index (χ4n) is 1.74. The molecule has 0 bridgehead atoms. The van der Waals surface area contributed by atoms with Crippen molar-refractivity contribution in [1.29, 1.82) is 0 Å². The van der Waals surface area contributed by atoms with E-state index in [1.807, 2.05) is 24.3 Å². The Labute approximate surface area is 125 Å². The lowest BCUT2D eigenvalue weighted by molar-refractivity contribution is 0.601. The zero-order chi connectivity index (χ0) is 14.0. The second-order valence-corrected chi connectivity index (χ2v) is 8.75. The number of hydrogen-bond acceptors (Lipinski definition) is 5. The van der Waals surface area contributed by atoms with Gasteiger partial charge >= 0.3 is 0 Å². The Morgan fingerprint density at radius 1 is 1.00 bits per heavy atom. The van der Waals surface area contributed by atoms with Crippen LogP contribution in [0.5, 0.6) is 0 Å². The number of sulfone groups is 1. The molecule has 0 unspecified atom stereocenters. The highest BCUT2D eigenvalue weighted by Gasteiger charge is 2.15. The van der Waals surface area contributed by atoms with Gasteiger partial charge in [-0.2, -0.15) is 0 Å². The van der Waals surface area contributed by atoms with Gasteiger partial charge in [0.1, 0.15) is 5.08 Å². The van der Waals surface area contributed by atoms with Gasteiger partial charge in [-0.05, 0) is 24.3 Å². The van der Waals surface area contributed by atoms with Gasteiger partial charge in [0, 0.05) is 0 Å². The van der Waals surface area contributed by atoms with Crippen molar-refractivity contribution in [1.82, 2.24) is 4.98 Å². The molecule has 0 atom stereocenters. The van der Waals surface area contributed by atoms with Gasteiger partial charge in [0.05, 0.1) is 15.1 Å². The van der Waals surface area contributed by atoms with Crippen LogP contribution in [0.1, 0.15) is 0 Å². The average molecular weight is 321 g/mol. The summed E-state index contributed by atoms with van der Waals surface area (Å²) in [6, 6.07) is 16.3. The third-order valence-electron chi connectivity index (χ3n) is 2.71. The molecule has 3 rings (SSSR count). The van der Waals surface area contributed by atoms with Gasteiger partial charge in [-0.25, -0.2) is 13.4 Å². The molecule has 0 saturated heterocycles. The van der Waals surface area contributed by atoms with Crippen LogP contribution in [0.2, 0.25) is 0 Å². The minimum atomic E-state index is -3.27. The van der Waals surface area contributed by atoms with Crippen LogP contribution in [0, 0.1) is 0 Å². The summed E-state index contributed by atoms with van der Waals surface area (Å²) in [5.41, 5.74) is 0.914. The van der Waals surface area contributed by atoms with E-state index in [0.29, 0.717) is 4.90 Å². The number of rotatable bonds is 4. The van der Waals surface area contributed by atoms with Gasteiger partial charge in [0.2, 0.25) is 0 Å². The van der Waals surface area contributed by atoms with E-state index in [-0.39, 0.29) is 5.08 Å². The Hall–Kier alpha value is -1.37. The molecule has 0 aliphatic carbocycles. The first kappa shape index (κ1) is 13.6. The van der Waals surface area contributed by atoms with Crippen LogP contribution in [0.4, 0.5) is 0 Å². The number of benzene rings is 2. The number of para-hydroxylation sites is 1. The van der Waals surface area contributed by atoms with Crippen molar-refractivity contribution in [2.45, 2.75) is 9.24 Å². The Bertz CT molecular complexity index is 793. The summed E-state index contributed by atoms with van der Waals surface area (Å²) in [6.07, 6.45) is 0. The molecule has 1 heterocycles. The SMILES string of the molecule is O=S(=O)(CSc1nc2ccccc2s1)c1ccccc1.